The Bertz CT molecular complexity index is 1570. The summed E-state index contributed by atoms with van der Waals surface area (Å²) >= 11 is 0. The molecule has 1 saturated heterocycles. The van der Waals surface area contributed by atoms with Gasteiger partial charge in [-0.05, 0) is 77.5 Å². The molecule has 0 radical (unpaired) electrons. The van der Waals surface area contributed by atoms with E-state index in [1.807, 2.05) is 32.3 Å². The Morgan fingerprint density at radius 1 is 1.09 bits per heavy atom. The lowest BCUT2D eigenvalue weighted by Gasteiger charge is -2.33. The Labute approximate surface area is 272 Å². The van der Waals surface area contributed by atoms with Crippen molar-refractivity contribution in [2.75, 3.05) is 26.3 Å². The van der Waals surface area contributed by atoms with Crippen molar-refractivity contribution < 1.29 is 28.2 Å². The molecule has 12 heteroatoms. The SMILES string of the molecule is Cc1c(C(=O)NC2CCN(C(=O)OC(C)(C)C)CC2)c2ncnc(-c3ccc(F)cc3OCC3CC3)c2n1COCC[Si](C)(C)C. The third-order valence-electron chi connectivity index (χ3n) is 8.39. The van der Waals surface area contributed by atoms with Crippen molar-refractivity contribution in [1.82, 2.24) is 24.8 Å². The molecule has 10 nitrogen and oxygen atoms in total. The summed E-state index contributed by atoms with van der Waals surface area (Å²) in [7, 11) is -1.32. The first-order valence-electron chi connectivity index (χ1n) is 16.3. The summed E-state index contributed by atoms with van der Waals surface area (Å²) < 4.78 is 34.2. The van der Waals surface area contributed by atoms with Crippen LogP contribution in [0.3, 0.4) is 0 Å². The predicted octanol–water partition coefficient (Wildman–Crippen LogP) is 6.78. The third-order valence-corrected chi connectivity index (χ3v) is 10.1. The van der Waals surface area contributed by atoms with Crippen LogP contribution in [0.5, 0.6) is 5.75 Å². The summed E-state index contributed by atoms with van der Waals surface area (Å²) in [5.74, 6) is 0.269. The number of rotatable bonds is 11. The van der Waals surface area contributed by atoms with E-state index in [9.17, 15) is 14.0 Å². The van der Waals surface area contributed by atoms with Gasteiger partial charge in [-0.15, -0.1) is 0 Å². The number of likely N-dealkylation sites (tertiary alicyclic amines) is 1. The van der Waals surface area contributed by atoms with Crippen molar-refractivity contribution in [1.29, 1.82) is 0 Å². The number of benzene rings is 1. The number of piperidine rings is 1. The van der Waals surface area contributed by atoms with E-state index in [0.29, 0.717) is 84.4 Å². The normalized spacial score (nSPS) is 16.1. The lowest BCUT2D eigenvalue weighted by atomic mass is 10.0. The monoisotopic (exact) mass is 653 g/mol. The highest BCUT2D eigenvalue weighted by molar-refractivity contribution is 6.76. The molecule has 3 aromatic rings. The van der Waals surface area contributed by atoms with E-state index in [0.717, 1.165) is 18.9 Å². The maximum Gasteiger partial charge on any atom is 0.410 e. The molecule has 2 fully saturated rings. The smallest absolute Gasteiger partial charge is 0.410 e. The molecule has 1 aliphatic carbocycles. The van der Waals surface area contributed by atoms with Gasteiger partial charge in [-0.25, -0.2) is 19.2 Å². The van der Waals surface area contributed by atoms with Crippen LogP contribution in [0.2, 0.25) is 25.7 Å². The number of aromatic nitrogens is 3. The van der Waals surface area contributed by atoms with Gasteiger partial charge in [-0.1, -0.05) is 19.6 Å². The van der Waals surface area contributed by atoms with Gasteiger partial charge >= 0.3 is 6.09 Å². The second kappa shape index (κ2) is 13.7. The molecule has 2 aliphatic rings. The number of nitrogens with zero attached hydrogens (tertiary/aromatic N) is 4. The lowest BCUT2D eigenvalue weighted by molar-refractivity contribution is 0.0199. The molecule has 250 valence electrons. The van der Waals surface area contributed by atoms with Crippen molar-refractivity contribution in [2.24, 2.45) is 5.92 Å². The Morgan fingerprint density at radius 2 is 1.80 bits per heavy atom. The number of hydrogen-bond acceptors (Lipinski definition) is 7. The van der Waals surface area contributed by atoms with Crippen LogP contribution in [0.15, 0.2) is 24.5 Å². The largest absolute Gasteiger partial charge is 0.492 e. The van der Waals surface area contributed by atoms with Crippen LogP contribution < -0.4 is 10.1 Å². The molecule has 46 heavy (non-hydrogen) atoms. The standard InChI is InChI=1S/C34H48FN5O5Si/c1-22-28(32(41)38-25-12-14-39(15-13-25)33(42)45-34(2,3)4)30-31(40(22)21-43-16-17-46(5,6)7)29(36-20-37-30)26-11-10-24(35)18-27(26)44-19-23-8-9-23/h10-11,18,20,23,25H,8-9,12-17,19,21H2,1-7H3,(H,38,41). The van der Waals surface area contributed by atoms with Gasteiger partial charge in [0.2, 0.25) is 0 Å². The van der Waals surface area contributed by atoms with Crippen molar-refractivity contribution in [3.63, 3.8) is 0 Å². The summed E-state index contributed by atoms with van der Waals surface area (Å²) in [5.41, 5.74) is 2.92. The molecule has 1 aliphatic heterocycles. The topological polar surface area (TPSA) is 108 Å². The zero-order valence-electron chi connectivity index (χ0n) is 28.2. The fourth-order valence-corrected chi connectivity index (χ4v) is 6.31. The van der Waals surface area contributed by atoms with Crippen molar-refractivity contribution in [3.8, 4) is 17.0 Å². The molecule has 0 spiro atoms. The number of halogens is 1. The van der Waals surface area contributed by atoms with E-state index in [1.54, 1.807) is 11.0 Å². The molecule has 0 unspecified atom stereocenters. The molecule has 0 atom stereocenters. The van der Waals surface area contributed by atoms with Crippen LogP contribution in [0, 0.1) is 18.7 Å². The minimum atomic E-state index is -1.32. The van der Waals surface area contributed by atoms with E-state index >= 15 is 0 Å². The molecule has 0 bridgehead atoms. The maximum absolute atomic E-state index is 14.4. The van der Waals surface area contributed by atoms with Gasteiger partial charge in [0.15, 0.2) is 0 Å². The minimum absolute atomic E-state index is 0.113. The average Bonchev–Trinajstić information content (AvgIpc) is 3.75. The quantitative estimate of drug-likeness (QED) is 0.180. The van der Waals surface area contributed by atoms with E-state index in [-0.39, 0.29) is 30.6 Å². The fourth-order valence-electron chi connectivity index (χ4n) is 5.55. The Kier molecular flexibility index (Phi) is 10.1. The molecule has 1 aromatic carbocycles. The van der Waals surface area contributed by atoms with Gasteiger partial charge in [0, 0.05) is 51.1 Å². The highest BCUT2D eigenvalue weighted by atomic mass is 28.3. The molecule has 2 aromatic heterocycles. The first-order chi connectivity index (χ1) is 21.7. The Morgan fingerprint density at radius 3 is 2.46 bits per heavy atom. The summed E-state index contributed by atoms with van der Waals surface area (Å²) in [6.45, 7) is 16.7. The molecular weight excluding hydrogens is 605 g/mol. The van der Waals surface area contributed by atoms with Crippen LogP contribution in [0.25, 0.3) is 22.3 Å². The second-order valence-corrected chi connectivity index (χ2v) is 20.4. The zero-order valence-corrected chi connectivity index (χ0v) is 29.2. The number of ether oxygens (including phenoxy) is 3. The van der Waals surface area contributed by atoms with Gasteiger partial charge in [0.05, 0.1) is 17.7 Å². The average molecular weight is 654 g/mol. The molecule has 1 N–H and O–H groups in total. The fraction of sp³-hybridized carbons (Fsp3) is 0.588. The van der Waals surface area contributed by atoms with Crippen molar-refractivity contribution >= 4 is 31.1 Å². The van der Waals surface area contributed by atoms with Gasteiger partial charge in [0.1, 0.15) is 41.4 Å². The summed E-state index contributed by atoms with van der Waals surface area (Å²) in [6, 6.07) is 5.36. The molecular formula is C34H48FN5O5Si. The van der Waals surface area contributed by atoms with E-state index in [4.69, 9.17) is 14.2 Å². The number of hydrogen-bond donors (Lipinski definition) is 1. The van der Waals surface area contributed by atoms with Crippen molar-refractivity contribution in [2.45, 2.75) is 97.4 Å². The first-order valence-corrected chi connectivity index (χ1v) is 20.0. The van der Waals surface area contributed by atoms with Gasteiger partial charge < -0.3 is 29.0 Å². The number of carbonyl (C=O) groups is 2. The van der Waals surface area contributed by atoms with E-state index in [2.05, 4.69) is 34.9 Å². The predicted molar refractivity (Wildman–Crippen MR) is 178 cm³/mol. The van der Waals surface area contributed by atoms with Gasteiger partial charge in [-0.3, -0.25) is 4.79 Å². The number of nitrogens with one attached hydrogen (secondary N) is 1. The highest BCUT2D eigenvalue weighted by Gasteiger charge is 2.31. The first kappa shape index (κ1) is 33.8. The maximum atomic E-state index is 14.4. The van der Waals surface area contributed by atoms with Gasteiger partial charge in [0.25, 0.3) is 5.91 Å². The van der Waals surface area contributed by atoms with Gasteiger partial charge in [-0.2, -0.15) is 0 Å². The molecule has 3 heterocycles. The van der Waals surface area contributed by atoms with Crippen LogP contribution >= 0.6 is 0 Å². The third kappa shape index (κ3) is 8.44. The minimum Gasteiger partial charge on any atom is -0.492 e. The number of fused-ring (bicyclic) bond motifs is 1. The van der Waals surface area contributed by atoms with E-state index < -0.39 is 13.7 Å². The number of amides is 2. The molecule has 2 amide bonds. The Hall–Kier alpha value is -3.51. The summed E-state index contributed by atoms with van der Waals surface area (Å²) in [5, 5.41) is 3.19. The second-order valence-electron chi connectivity index (χ2n) is 14.8. The highest BCUT2D eigenvalue weighted by Crippen LogP contribution is 2.38. The molecule has 1 saturated carbocycles. The number of carbonyl (C=O) groups excluding carboxylic acids is 2. The molecule has 5 rings (SSSR count). The Balaban J connectivity index is 1.44. The zero-order chi connectivity index (χ0) is 33.2. The van der Waals surface area contributed by atoms with Crippen LogP contribution in [-0.2, 0) is 16.2 Å². The lowest BCUT2D eigenvalue weighted by Crippen LogP contribution is -2.47. The van der Waals surface area contributed by atoms with E-state index in [1.165, 1.54) is 18.5 Å². The summed E-state index contributed by atoms with van der Waals surface area (Å²) in [6.07, 6.45) is 4.54. The summed E-state index contributed by atoms with van der Waals surface area (Å²) in [4.78, 5) is 37.5. The van der Waals surface area contributed by atoms with Crippen molar-refractivity contribution in [3.05, 3.63) is 41.6 Å². The van der Waals surface area contributed by atoms with Crippen LogP contribution in [0.4, 0.5) is 9.18 Å². The van der Waals surface area contributed by atoms with Crippen LogP contribution in [-0.4, -0.2) is 77.5 Å². The van der Waals surface area contributed by atoms with Crippen LogP contribution in [0.1, 0.15) is 62.5 Å².